The lowest BCUT2D eigenvalue weighted by Crippen LogP contribution is -2.46. The standard InChI is InChI=1S/C64H131N2O6P/c1-6-8-10-12-14-16-18-19-20-21-22-23-24-25-26-27-28-29-30-31-32-33-34-35-36-37-38-39-40-41-42-43-44-45-46-47-48-50-52-54-56-58-64(68)65-62(61-72-73(69,70)71-60-59-66(3,4)5)63(67)57-55-53-51-49-17-15-13-11-9-7-2/h62-63,67H,6-61H2,1-5H3,(H-,65,68,69,70)/p+1. The fourth-order valence-electron chi connectivity index (χ4n) is 10.5. The minimum atomic E-state index is -4.31. The smallest absolute Gasteiger partial charge is 0.391 e. The molecule has 73 heavy (non-hydrogen) atoms. The molecule has 438 valence electrons. The van der Waals surface area contributed by atoms with Crippen molar-refractivity contribution in [2.45, 2.75) is 366 Å². The van der Waals surface area contributed by atoms with E-state index in [-0.39, 0.29) is 19.1 Å². The van der Waals surface area contributed by atoms with E-state index in [1.807, 2.05) is 21.1 Å². The third-order valence-corrected chi connectivity index (χ3v) is 16.6. The summed E-state index contributed by atoms with van der Waals surface area (Å²) in [5, 5.41) is 14.0. The molecular formula is C64H132N2O6P+. The van der Waals surface area contributed by atoms with E-state index in [1.165, 1.54) is 289 Å². The van der Waals surface area contributed by atoms with Gasteiger partial charge in [-0.15, -0.1) is 0 Å². The number of rotatable bonds is 62. The summed E-state index contributed by atoms with van der Waals surface area (Å²) in [6.45, 7) is 4.92. The number of nitrogens with one attached hydrogen (secondary N) is 1. The zero-order chi connectivity index (χ0) is 53.5. The Kier molecular flexibility index (Phi) is 55.8. The molecule has 3 unspecified atom stereocenters. The highest BCUT2D eigenvalue weighted by atomic mass is 31.2. The number of nitrogens with zero attached hydrogens (tertiary/aromatic N) is 1. The van der Waals surface area contributed by atoms with Gasteiger partial charge < -0.3 is 19.8 Å². The number of amides is 1. The number of phosphoric ester groups is 1. The number of quaternary nitrogens is 1. The van der Waals surface area contributed by atoms with Gasteiger partial charge in [-0.25, -0.2) is 4.57 Å². The Morgan fingerprint density at radius 1 is 0.411 bits per heavy atom. The number of unbranched alkanes of at least 4 members (excludes halogenated alkanes) is 49. The molecule has 0 aliphatic carbocycles. The van der Waals surface area contributed by atoms with Crippen molar-refractivity contribution >= 4 is 13.7 Å². The van der Waals surface area contributed by atoms with Gasteiger partial charge in [0.15, 0.2) is 0 Å². The first-order valence-electron chi connectivity index (χ1n) is 32.9. The molecule has 0 bridgehead atoms. The van der Waals surface area contributed by atoms with Crippen molar-refractivity contribution < 1.29 is 32.9 Å². The van der Waals surface area contributed by atoms with Gasteiger partial charge in [-0.3, -0.25) is 13.8 Å². The molecule has 0 spiro atoms. The number of carbonyl (C=O) groups excluding carboxylic acids is 1. The number of aliphatic hydroxyl groups is 1. The van der Waals surface area contributed by atoms with Gasteiger partial charge in [0.05, 0.1) is 39.9 Å². The molecule has 3 atom stereocenters. The maximum Gasteiger partial charge on any atom is 0.472 e. The zero-order valence-electron chi connectivity index (χ0n) is 50.2. The fraction of sp³-hybridized carbons (Fsp3) is 0.984. The van der Waals surface area contributed by atoms with Crippen molar-refractivity contribution in [3.05, 3.63) is 0 Å². The Labute approximate surface area is 457 Å². The second kappa shape index (κ2) is 56.2. The topological polar surface area (TPSA) is 105 Å². The largest absolute Gasteiger partial charge is 0.472 e. The summed E-state index contributed by atoms with van der Waals surface area (Å²) in [5.74, 6) is -0.138. The third kappa shape index (κ3) is 59.0. The van der Waals surface area contributed by atoms with Gasteiger partial charge >= 0.3 is 7.82 Å². The molecule has 0 saturated heterocycles. The molecule has 0 aromatic rings. The molecule has 0 fully saturated rings. The summed E-state index contributed by atoms with van der Waals surface area (Å²) in [4.78, 5) is 23.3. The van der Waals surface area contributed by atoms with Crippen molar-refractivity contribution in [2.24, 2.45) is 0 Å². The van der Waals surface area contributed by atoms with E-state index in [1.54, 1.807) is 0 Å². The minimum absolute atomic E-state index is 0.0786. The molecule has 0 aromatic carbocycles. The van der Waals surface area contributed by atoms with E-state index in [0.29, 0.717) is 23.9 Å². The van der Waals surface area contributed by atoms with Crippen LogP contribution in [0.15, 0.2) is 0 Å². The molecule has 0 aliphatic heterocycles. The van der Waals surface area contributed by atoms with Gasteiger partial charge in [-0.2, -0.15) is 0 Å². The molecule has 0 saturated carbocycles. The Hall–Kier alpha value is -0.500. The van der Waals surface area contributed by atoms with Crippen molar-refractivity contribution in [1.29, 1.82) is 0 Å². The van der Waals surface area contributed by atoms with E-state index in [0.717, 1.165) is 38.5 Å². The first-order chi connectivity index (χ1) is 35.5. The number of likely N-dealkylation sites (N-methyl/N-ethyl adjacent to an activating group) is 1. The molecule has 8 nitrogen and oxygen atoms in total. The molecule has 0 aromatic heterocycles. The number of hydrogen-bond acceptors (Lipinski definition) is 5. The highest BCUT2D eigenvalue weighted by Gasteiger charge is 2.28. The van der Waals surface area contributed by atoms with Gasteiger partial charge in [0.2, 0.25) is 5.91 Å². The van der Waals surface area contributed by atoms with Crippen LogP contribution in [0.25, 0.3) is 0 Å². The maximum atomic E-state index is 13.0. The van der Waals surface area contributed by atoms with Crippen LogP contribution in [0.4, 0.5) is 0 Å². The van der Waals surface area contributed by atoms with Gasteiger partial charge in [0, 0.05) is 6.42 Å². The summed E-state index contributed by atoms with van der Waals surface area (Å²) in [6.07, 6.45) is 69.5. The van der Waals surface area contributed by atoms with Crippen LogP contribution < -0.4 is 5.32 Å². The van der Waals surface area contributed by atoms with Gasteiger partial charge in [0.25, 0.3) is 0 Å². The number of carbonyl (C=O) groups is 1. The van der Waals surface area contributed by atoms with Crippen LogP contribution in [0.5, 0.6) is 0 Å². The molecule has 3 N–H and O–H groups in total. The van der Waals surface area contributed by atoms with E-state index in [4.69, 9.17) is 9.05 Å². The van der Waals surface area contributed by atoms with Crippen LogP contribution in [0.1, 0.15) is 354 Å². The summed E-state index contributed by atoms with van der Waals surface area (Å²) in [6, 6.07) is -0.754. The normalized spacial score (nSPS) is 13.7. The monoisotopic (exact) mass is 1060 g/mol. The molecule has 0 radical (unpaired) electrons. The van der Waals surface area contributed by atoms with E-state index >= 15 is 0 Å². The van der Waals surface area contributed by atoms with Crippen molar-refractivity contribution in [3.8, 4) is 0 Å². The first-order valence-corrected chi connectivity index (χ1v) is 34.4. The second-order valence-electron chi connectivity index (χ2n) is 24.2. The summed E-state index contributed by atoms with van der Waals surface area (Å²) in [7, 11) is 1.63. The lowest BCUT2D eigenvalue weighted by Gasteiger charge is -2.26. The van der Waals surface area contributed by atoms with Gasteiger partial charge in [-0.05, 0) is 12.8 Å². The molecule has 0 heterocycles. The summed E-state index contributed by atoms with van der Waals surface area (Å²) in [5.41, 5.74) is 0. The Bertz CT molecular complexity index is 1150. The molecule has 1 amide bonds. The van der Waals surface area contributed by atoms with E-state index < -0.39 is 20.0 Å². The van der Waals surface area contributed by atoms with Crippen LogP contribution in [0.2, 0.25) is 0 Å². The maximum absolute atomic E-state index is 13.0. The second-order valence-corrected chi connectivity index (χ2v) is 25.7. The Morgan fingerprint density at radius 2 is 0.658 bits per heavy atom. The SMILES string of the molecule is CCCCCCCCCCCCCCCCCCCCCCCCCCCCCCCCCCCCCCCCCCCC(=O)NC(COP(=O)(O)OCC[N+](C)(C)C)C(O)CCCCCCCCCCCC. The Balaban J connectivity index is 3.70. The molecule has 0 aliphatic rings. The van der Waals surface area contributed by atoms with Crippen LogP contribution in [-0.2, 0) is 18.4 Å². The predicted octanol–water partition coefficient (Wildman–Crippen LogP) is 20.4. The Morgan fingerprint density at radius 3 is 0.918 bits per heavy atom. The van der Waals surface area contributed by atoms with Gasteiger partial charge in [0.1, 0.15) is 13.2 Å². The zero-order valence-corrected chi connectivity index (χ0v) is 51.1. The highest BCUT2D eigenvalue weighted by molar-refractivity contribution is 7.47. The average molecular weight is 1060 g/mol. The minimum Gasteiger partial charge on any atom is -0.391 e. The fourth-order valence-corrected chi connectivity index (χ4v) is 11.2. The van der Waals surface area contributed by atoms with Crippen LogP contribution in [0, 0.1) is 0 Å². The third-order valence-electron chi connectivity index (χ3n) is 15.6. The van der Waals surface area contributed by atoms with Crippen molar-refractivity contribution in [1.82, 2.24) is 5.32 Å². The van der Waals surface area contributed by atoms with E-state index in [9.17, 15) is 19.4 Å². The van der Waals surface area contributed by atoms with Crippen LogP contribution in [-0.4, -0.2) is 73.4 Å². The number of aliphatic hydroxyl groups excluding tert-OH is 1. The molecular weight excluding hydrogens is 924 g/mol. The van der Waals surface area contributed by atoms with Gasteiger partial charge in [-0.1, -0.05) is 335 Å². The lowest BCUT2D eigenvalue weighted by molar-refractivity contribution is -0.870. The average Bonchev–Trinajstić information content (AvgIpc) is 3.35. The van der Waals surface area contributed by atoms with Crippen LogP contribution in [0.3, 0.4) is 0 Å². The number of hydrogen-bond donors (Lipinski definition) is 3. The predicted molar refractivity (Wildman–Crippen MR) is 319 cm³/mol. The van der Waals surface area contributed by atoms with E-state index in [2.05, 4.69) is 19.2 Å². The first kappa shape index (κ1) is 72.5. The number of phosphoric acid groups is 1. The molecule has 9 heteroatoms. The van der Waals surface area contributed by atoms with Crippen molar-refractivity contribution in [2.75, 3.05) is 40.9 Å². The highest BCUT2D eigenvalue weighted by Crippen LogP contribution is 2.43. The summed E-state index contributed by atoms with van der Waals surface area (Å²) < 4.78 is 23.7. The molecule has 0 rings (SSSR count). The van der Waals surface area contributed by atoms with Crippen LogP contribution >= 0.6 is 7.82 Å². The lowest BCUT2D eigenvalue weighted by atomic mass is 10.0. The van der Waals surface area contributed by atoms with Crippen molar-refractivity contribution in [3.63, 3.8) is 0 Å². The quantitative estimate of drug-likeness (QED) is 0.0318. The summed E-state index contributed by atoms with van der Waals surface area (Å²) >= 11 is 0.